The van der Waals surface area contributed by atoms with Crippen LogP contribution in [-0.2, 0) is 17.3 Å². The molecule has 0 N–H and O–H groups in total. The van der Waals surface area contributed by atoms with Crippen molar-refractivity contribution in [3.63, 3.8) is 0 Å². The molecule has 174 valence electrons. The predicted octanol–water partition coefficient (Wildman–Crippen LogP) is 5.68. The van der Waals surface area contributed by atoms with Crippen molar-refractivity contribution in [2.75, 3.05) is 18.0 Å². The number of anilines is 1. The second kappa shape index (κ2) is 9.72. The number of likely N-dealkylation sites (tertiary alicyclic amines) is 1. The molecule has 3 aromatic rings. The minimum atomic E-state index is -1.55. The molecule has 0 bridgehead atoms. The molecule has 0 radical (unpaired) electrons. The van der Waals surface area contributed by atoms with Gasteiger partial charge in [0.25, 0.3) is 11.8 Å². The van der Waals surface area contributed by atoms with Crippen LogP contribution in [0, 0.1) is 0 Å². The number of halogens is 1. The summed E-state index contributed by atoms with van der Waals surface area (Å²) < 4.78 is 13.6. The van der Waals surface area contributed by atoms with Gasteiger partial charge in [0.2, 0.25) is 0 Å². The number of benzene rings is 3. The third-order valence-electron chi connectivity index (χ3n) is 6.41. The number of carbonyl (C=O) groups excluding carboxylic acids is 2. The molecule has 2 aliphatic rings. The molecule has 0 aliphatic carbocycles. The van der Waals surface area contributed by atoms with Gasteiger partial charge in [0.1, 0.15) is 0 Å². The van der Waals surface area contributed by atoms with Gasteiger partial charge in [0.05, 0.1) is 38.4 Å². The molecule has 7 heteroatoms. The highest BCUT2D eigenvalue weighted by molar-refractivity contribution is 7.85. The summed E-state index contributed by atoms with van der Waals surface area (Å²) in [6.45, 7) is 1.75. The Labute approximate surface area is 206 Å². The van der Waals surface area contributed by atoms with Gasteiger partial charge >= 0.3 is 0 Å². The molecule has 3 aromatic carbocycles. The van der Waals surface area contributed by atoms with Gasteiger partial charge in [-0.15, -0.1) is 0 Å². The average Bonchev–Trinajstić information content (AvgIpc) is 3.19. The molecule has 1 atom stereocenters. The first-order valence-electron chi connectivity index (χ1n) is 11.5. The Bertz CT molecular complexity index is 1270. The number of carbonyl (C=O) groups is 2. The van der Waals surface area contributed by atoms with Crippen molar-refractivity contribution < 1.29 is 13.8 Å². The van der Waals surface area contributed by atoms with Crippen molar-refractivity contribution in [3.05, 3.63) is 88.4 Å². The van der Waals surface area contributed by atoms with E-state index in [4.69, 9.17) is 11.6 Å². The summed E-state index contributed by atoms with van der Waals surface area (Å²) in [5, 5.41) is 0.614. The first-order chi connectivity index (χ1) is 16.5. The molecular formula is C27H25ClN2O3S. The monoisotopic (exact) mass is 492 g/mol. The third kappa shape index (κ3) is 4.40. The summed E-state index contributed by atoms with van der Waals surface area (Å²) in [4.78, 5) is 31.6. The van der Waals surface area contributed by atoms with E-state index >= 15 is 0 Å². The van der Waals surface area contributed by atoms with Crippen LogP contribution in [0.4, 0.5) is 5.69 Å². The van der Waals surface area contributed by atoms with E-state index in [1.54, 1.807) is 59.5 Å². The lowest BCUT2D eigenvalue weighted by Crippen LogP contribution is -2.33. The Hall–Kier alpha value is -2.96. The lowest BCUT2D eigenvalue weighted by atomic mass is 10.1. The number of rotatable bonds is 3. The van der Waals surface area contributed by atoms with Gasteiger partial charge in [0, 0.05) is 23.7 Å². The Balaban J connectivity index is 1.60. The van der Waals surface area contributed by atoms with E-state index in [1.807, 2.05) is 17.0 Å². The molecule has 0 unspecified atom stereocenters. The molecular weight excluding hydrogens is 468 g/mol. The maximum Gasteiger partial charge on any atom is 0.259 e. The van der Waals surface area contributed by atoms with E-state index in [0.29, 0.717) is 31.6 Å². The standard InChI is InChI=1S/C27H25ClN2O3S/c28-21-12-9-19(10-13-21)18-30-23-17-20(26(31)29-15-5-1-2-6-16-29)11-14-25(23)34(33)24-8-4-3-7-22(24)27(30)32/h3-4,7-14,17H,1-2,5-6,15-16,18H2/t34-/m0/s1. The number of hydrogen-bond donors (Lipinski definition) is 0. The van der Waals surface area contributed by atoms with Crippen molar-refractivity contribution >= 4 is 39.9 Å². The molecule has 0 saturated carbocycles. The molecule has 1 saturated heterocycles. The fourth-order valence-corrected chi connectivity index (χ4v) is 6.05. The maximum atomic E-state index is 13.7. The Morgan fingerprint density at radius 2 is 1.59 bits per heavy atom. The summed E-state index contributed by atoms with van der Waals surface area (Å²) in [6.07, 6.45) is 4.26. The number of hydrogen-bond acceptors (Lipinski definition) is 3. The van der Waals surface area contributed by atoms with Gasteiger partial charge in [-0.2, -0.15) is 0 Å². The van der Waals surface area contributed by atoms with E-state index in [9.17, 15) is 13.8 Å². The molecule has 2 amide bonds. The lowest BCUT2D eigenvalue weighted by molar-refractivity contribution is 0.0761. The molecule has 0 spiro atoms. The summed E-state index contributed by atoms with van der Waals surface area (Å²) in [7, 11) is -1.55. The summed E-state index contributed by atoms with van der Waals surface area (Å²) in [5.74, 6) is -0.284. The van der Waals surface area contributed by atoms with Crippen molar-refractivity contribution in [1.29, 1.82) is 0 Å². The fourth-order valence-electron chi connectivity index (χ4n) is 4.58. The van der Waals surface area contributed by atoms with E-state index in [2.05, 4.69) is 0 Å². The van der Waals surface area contributed by atoms with Gasteiger partial charge in [-0.1, -0.05) is 48.7 Å². The highest BCUT2D eigenvalue weighted by Gasteiger charge is 2.32. The summed E-state index contributed by atoms with van der Waals surface area (Å²) >= 11 is 6.05. The molecule has 2 aliphatic heterocycles. The molecule has 5 nitrogen and oxygen atoms in total. The first kappa shape index (κ1) is 22.8. The van der Waals surface area contributed by atoms with Crippen molar-refractivity contribution in [3.8, 4) is 0 Å². The molecule has 2 heterocycles. The summed E-state index contributed by atoms with van der Waals surface area (Å²) in [5.41, 5.74) is 2.32. The van der Waals surface area contributed by atoms with E-state index in [1.165, 1.54) is 0 Å². The van der Waals surface area contributed by atoms with Crippen LogP contribution in [0.15, 0.2) is 76.5 Å². The van der Waals surface area contributed by atoms with Crippen molar-refractivity contribution in [2.24, 2.45) is 0 Å². The minimum Gasteiger partial charge on any atom is -0.339 e. The quantitative estimate of drug-likeness (QED) is 0.472. The van der Waals surface area contributed by atoms with Crippen LogP contribution in [0.3, 0.4) is 0 Å². The first-order valence-corrected chi connectivity index (χ1v) is 13.1. The molecule has 34 heavy (non-hydrogen) atoms. The van der Waals surface area contributed by atoms with Gasteiger partial charge in [-0.05, 0) is 60.9 Å². The lowest BCUT2D eigenvalue weighted by Gasteiger charge is -2.25. The molecule has 5 rings (SSSR count). The van der Waals surface area contributed by atoms with Crippen LogP contribution >= 0.6 is 11.6 Å². The largest absolute Gasteiger partial charge is 0.339 e. The van der Waals surface area contributed by atoms with E-state index in [-0.39, 0.29) is 18.4 Å². The van der Waals surface area contributed by atoms with Gasteiger partial charge in [0.15, 0.2) is 0 Å². The van der Waals surface area contributed by atoms with Crippen LogP contribution < -0.4 is 4.90 Å². The maximum absolute atomic E-state index is 13.7. The van der Waals surface area contributed by atoms with Crippen molar-refractivity contribution in [2.45, 2.75) is 42.0 Å². The highest BCUT2D eigenvalue weighted by atomic mass is 35.5. The number of fused-ring (bicyclic) bond motifs is 2. The topological polar surface area (TPSA) is 57.7 Å². The van der Waals surface area contributed by atoms with Gasteiger partial charge in [-0.3, -0.25) is 9.59 Å². The minimum absolute atomic E-state index is 0.0452. The number of nitrogens with zero attached hydrogens (tertiary/aromatic N) is 2. The smallest absolute Gasteiger partial charge is 0.259 e. The normalized spacial score (nSPS) is 18.0. The number of amides is 2. The zero-order valence-corrected chi connectivity index (χ0v) is 20.3. The van der Waals surface area contributed by atoms with Gasteiger partial charge < -0.3 is 9.80 Å². The third-order valence-corrected chi connectivity index (χ3v) is 8.16. The second-order valence-electron chi connectivity index (χ2n) is 8.67. The highest BCUT2D eigenvalue weighted by Crippen LogP contribution is 2.36. The van der Waals surface area contributed by atoms with Crippen LogP contribution in [0.2, 0.25) is 5.02 Å². The SMILES string of the molecule is O=C(c1ccc2c(c1)N(Cc1ccc(Cl)cc1)C(=O)c1ccccc1[S@@]2=O)N1CCCCCC1. The van der Waals surface area contributed by atoms with Crippen molar-refractivity contribution in [1.82, 2.24) is 4.90 Å². The van der Waals surface area contributed by atoms with Crippen LogP contribution in [0.1, 0.15) is 52.0 Å². The van der Waals surface area contributed by atoms with Crippen LogP contribution in [-0.4, -0.2) is 34.0 Å². The Morgan fingerprint density at radius 3 is 2.32 bits per heavy atom. The van der Waals surface area contributed by atoms with E-state index in [0.717, 1.165) is 44.3 Å². The predicted molar refractivity (Wildman–Crippen MR) is 134 cm³/mol. The zero-order valence-electron chi connectivity index (χ0n) is 18.7. The molecule has 1 fully saturated rings. The Kier molecular flexibility index (Phi) is 6.53. The average molecular weight is 493 g/mol. The van der Waals surface area contributed by atoms with Gasteiger partial charge in [-0.25, -0.2) is 4.21 Å². The second-order valence-corrected chi connectivity index (χ2v) is 10.5. The molecule has 0 aromatic heterocycles. The van der Waals surface area contributed by atoms with Crippen LogP contribution in [0.25, 0.3) is 0 Å². The fraction of sp³-hybridized carbons (Fsp3) is 0.259. The van der Waals surface area contributed by atoms with E-state index < -0.39 is 10.8 Å². The van der Waals surface area contributed by atoms with Crippen LogP contribution in [0.5, 0.6) is 0 Å². The zero-order chi connectivity index (χ0) is 23.7. The summed E-state index contributed by atoms with van der Waals surface area (Å²) in [6, 6.07) is 19.5. The Morgan fingerprint density at radius 1 is 0.882 bits per heavy atom.